The van der Waals surface area contributed by atoms with E-state index in [9.17, 15) is 22.0 Å². The lowest BCUT2D eigenvalue weighted by Gasteiger charge is -2.16. The van der Waals surface area contributed by atoms with Gasteiger partial charge in [0.05, 0.1) is 0 Å². The van der Waals surface area contributed by atoms with Gasteiger partial charge in [-0.15, -0.1) is 0 Å². The number of aromatic nitrogens is 1. The summed E-state index contributed by atoms with van der Waals surface area (Å²) in [5, 5.41) is 0.997. The van der Waals surface area contributed by atoms with Gasteiger partial charge in [0.25, 0.3) is 0 Å². The maximum absolute atomic E-state index is 13.2. The number of nitrogens with one attached hydrogen (secondary N) is 1. The molecular formula is C21H20F5NO. The topological polar surface area (TPSA) is 25.0 Å². The molecule has 0 aliphatic heterocycles. The van der Waals surface area contributed by atoms with Crippen LogP contribution in [0.4, 0.5) is 22.0 Å². The summed E-state index contributed by atoms with van der Waals surface area (Å²) in [4.78, 5) is 3.06. The number of ether oxygens (including phenoxy) is 1. The van der Waals surface area contributed by atoms with Crippen LogP contribution in [0, 0.1) is 5.82 Å². The highest BCUT2D eigenvalue weighted by molar-refractivity contribution is 5.83. The van der Waals surface area contributed by atoms with Crippen LogP contribution in [0.5, 0.6) is 5.75 Å². The molecule has 0 saturated carbocycles. The third kappa shape index (κ3) is 5.03. The molecule has 0 radical (unpaired) electrons. The van der Waals surface area contributed by atoms with Crippen molar-refractivity contribution in [2.24, 2.45) is 0 Å². The monoisotopic (exact) mass is 397 g/mol. The summed E-state index contributed by atoms with van der Waals surface area (Å²) in [6.45, 7) is -1.35. The summed E-state index contributed by atoms with van der Waals surface area (Å²) in [7, 11) is 0. The number of benzene rings is 2. The number of aromatic amines is 1. The van der Waals surface area contributed by atoms with E-state index in [4.69, 9.17) is 4.74 Å². The van der Waals surface area contributed by atoms with Gasteiger partial charge in [-0.05, 0) is 67.1 Å². The third-order valence-electron chi connectivity index (χ3n) is 4.54. The number of aryl methyl sites for hydroxylation is 2. The summed E-state index contributed by atoms with van der Waals surface area (Å²) in [6.07, 6.45) is 1.39. The number of unbranched alkanes of at least 4 members (excludes halogenated alkanes) is 1. The van der Waals surface area contributed by atoms with Crippen molar-refractivity contribution in [1.29, 1.82) is 0 Å². The molecule has 1 N–H and O–H groups in total. The number of H-pyrrole nitrogens is 1. The molecular weight excluding hydrogens is 377 g/mol. The number of rotatable bonds is 9. The van der Waals surface area contributed by atoms with E-state index in [1.807, 2.05) is 12.3 Å². The highest BCUT2D eigenvalue weighted by atomic mass is 19.3. The van der Waals surface area contributed by atoms with Gasteiger partial charge >= 0.3 is 12.3 Å². The third-order valence-corrected chi connectivity index (χ3v) is 4.54. The number of halogens is 5. The molecule has 3 rings (SSSR count). The predicted molar refractivity (Wildman–Crippen MR) is 97.8 cm³/mol. The second-order valence-corrected chi connectivity index (χ2v) is 6.71. The predicted octanol–water partition coefficient (Wildman–Crippen LogP) is 6.15. The molecule has 0 aliphatic rings. The van der Waals surface area contributed by atoms with Crippen molar-refractivity contribution >= 4 is 10.9 Å². The van der Waals surface area contributed by atoms with E-state index in [0.717, 1.165) is 41.3 Å². The summed E-state index contributed by atoms with van der Waals surface area (Å²) >= 11 is 0. The first kappa shape index (κ1) is 20.2. The van der Waals surface area contributed by atoms with E-state index < -0.39 is 19.0 Å². The Morgan fingerprint density at radius 1 is 1.00 bits per heavy atom. The zero-order chi connectivity index (χ0) is 20.1. The molecule has 3 aromatic rings. The molecule has 7 heteroatoms. The van der Waals surface area contributed by atoms with Gasteiger partial charge in [0.1, 0.15) is 11.6 Å². The fraction of sp³-hybridized carbons (Fsp3) is 0.333. The first-order valence-corrected chi connectivity index (χ1v) is 8.98. The van der Waals surface area contributed by atoms with Crippen LogP contribution in [0.3, 0.4) is 0 Å². The van der Waals surface area contributed by atoms with Gasteiger partial charge in [0, 0.05) is 17.1 Å². The zero-order valence-corrected chi connectivity index (χ0v) is 15.0. The van der Waals surface area contributed by atoms with Crippen molar-refractivity contribution in [3.8, 4) is 5.75 Å². The average Bonchev–Trinajstić information content (AvgIpc) is 3.06. The smallest absolute Gasteiger partial charge is 0.340 e. The molecule has 0 spiro atoms. The van der Waals surface area contributed by atoms with Crippen LogP contribution in [0.2, 0.25) is 0 Å². The Morgan fingerprint density at radius 3 is 2.57 bits per heavy atom. The highest BCUT2D eigenvalue weighted by Crippen LogP contribution is 2.25. The first-order valence-electron chi connectivity index (χ1n) is 8.98. The van der Waals surface area contributed by atoms with Crippen LogP contribution in [0.15, 0.2) is 48.7 Å². The molecule has 1 aromatic heterocycles. The SMILES string of the molecule is Fc1ccc2c(CCCCc3cccc(OCC(F)(F)C(F)F)c3)c[nH]c2c1. The number of hydrogen-bond donors (Lipinski definition) is 1. The minimum Gasteiger partial charge on any atom is -0.487 e. The van der Waals surface area contributed by atoms with Crippen LogP contribution in [0.25, 0.3) is 10.9 Å². The van der Waals surface area contributed by atoms with Gasteiger partial charge in [-0.2, -0.15) is 8.78 Å². The van der Waals surface area contributed by atoms with Crippen molar-refractivity contribution in [3.05, 3.63) is 65.6 Å². The molecule has 0 amide bonds. The lowest BCUT2D eigenvalue weighted by atomic mass is 10.0. The second kappa shape index (κ2) is 8.63. The molecule has 0 fully saturated rings. The molecule has 0 bridgehead atoms. The Bertz CT molecular complexity index is 922. The molecule has 1 heterocycles. The van der Waals surface area contributed by atoms with E-state index in [1.165, 1.54) is 18.2 Å². The molecule has 0 atom stereocenters. The number of alkyl halides is 4. The molecule has 0 aliphatic carbocycles. The lowest BCUT2D eigenvalue weighted by molar-refractivity contribution is -0.148. The van der Waals surface area contributed by atoms with Gasteiger partial charge in [-0.25, -0.2) is 13.2 Å². The summed E-state index contributed by atoms with van der Waals surface area (Å²) in [5.74, 6) is -4.30. The van der Waals surface area contributed by atoms with Crippen molar-refractivity contribution in [3.63, 3.8) is 0 Å². The lowest BCUT2D eigenvalue weighted by Crippen LogP contribution is -2.33. The quantitative estimate of drug-likeness (QED) is 0.340. The molecule has 28 heavy (non-hydrogen) atoms. The van der Waals surface area contributed by atoms with E-state index in [2.05, 4.69) is 4.98 Å². The fourth-order valence-corrected chi connectivity index (χ4v) is 3.04. The van der Waals surface area contributed by atoms with E-state index in [-0.39, 0.29) is 11.6 Å². The summed E-state index contributed by atoms with van der Waals surface area (Å²) in [5.41, 5.74) is 2.76. The summed E-state index contributed by atoms with van der Waals surface area (Å²) < 4.78 is 68.3. The molecule has 0 saturated heterocycles. The van der Waals surface area contributed by atoms with Crippen LogP contribution in [-0.2, 0) is 12.8 Å². The largest absolute Gasteiger partial charge is 0.487 e. The normalized spacial score (nSPS) is 12.1. The van der Waals surface area contributed by atoms with Crippen molar-refractivity contribution < 1.29 is 26.7 Å². The molecule has 0 unspecified atom stereocenters. The molecule has 150 valence electrons. The fourth-order valence-electron chi connectivity index (χ4n) is 3.04. The van der Waals surface area contributed by atoms with E-state index >= 15 is 0 Å². The van der Waals surface area contributed by atoms with Crippen molar-refractivity contribution in [1.82, 2.24) is 4.98 Å². The molecule has 2 aromatic carbocycles. The van der Waals surface area contributed by atoms with Crippen LogP contribution in [-0.4, -0.2) is 23.9 Å². The van der Waals surface area contributed by atoms with Crippen molar-refractivity contribution in [2.75, 3.05) is 6.61 Å². The minimum atomic E-state index is -4.17. The van der Waals surface area contributed by atoms with Crippen LogP contribution >= 0.6 is 0 Å². The van der Waals surface area contributed by atoms with Gasteiger partial charge in [0.15, 0.2) is 6.61 Å². The van der Waals surface area contributed by atoms with Gasteiger partial charge in [-0.1, -0.05) is 12.1 Å². The Balaban J connectivity index is 1.49. The first-order chi connectivity index (χ1) is 13.3. The standard InChI is InChI=1S/C21H20F5NO/c22-16-8-9-18-15(12-27-19(18)11-16)6-2-1-4-14-5-3-7-17(10-14)28-13-21(25,26)20(23)24/h3,5,7-12,20,27H,1-2,4,6,13H2. The second-order valence-electron chi connectivity index (χ2n) is 6.71. The van der Waals surface area contributed by atoms with Gasteiger partial charge in [-0.3, -0.25) is 0 Å². The Morgan fingerprint density at radius 2 is 1.79 bits per heavy atom. The maximum atomic E-state index is 13.2. The van der Waals surface area contributed by atoms with E-state index in [0.29, 0.717) is 6.42 Å². The van der Waals surface area contributed by atoms with Gasteiger partial charge in [0.2, 0.25) is 0 Å². The molecule has 2 nitrogen and oxygen atoms in total. The summed E-state index contributed by atoms with van der Waals surface area (Å²) in [6, 6.07) is 11.2. The Hall–Kier alpha value is -2.57. The van der Waals surface area contributed by atoms with Gasteiger partial charge < -0.3 is 9.72 Å². The average molecular weight is 397 g/mol. The highest BCUT2D eigenvalue weighted by Gasteiger charge is 2.41. The number of fused-ring (bicyclic) bond motifs is 1. The number of hydrogen-bond acceptors (Lipinski definition) is 1. The van der Waals surface area contributed by atoms with Crippen LogP contribution in [0.1, 0.15) is 24.0 Å². The van der Waals surface area contributed by atoms with Crippen molar-refractivity contribution in [2.45, 2.75) is 38.0 Å². The Kier molecular flexibility index (Phi) is 6.21. The zero-order valence-electron chi connectivity index (χ0n) is 15.0. The Labute approximate surface area is 159 Å². The van der Waals surface area contributed by atoms with Crippen LogP contribution < -0.4 is 4.74 Å². The minimum absolute atomic E-state index is 0.150. The maximum Gasteiger partial charge on any atom is 0.340 e. The van der Waals surface area contributed by atoms with E-state index in [1.54, 1.807) is 18.2 Å².